The number of aromatic nitrogens is 1. The molecule has 1 fully saturated rings. The number of aliphatic hydroxyl groups is 1. The predicted molar refractivity (Wildman–Crippen MR) is 118 cm³/mol. The molecule has 2 atom stereocenters. The lowest BCUT2D eigenvalue weighted by molar-refractivity contribution is -0.0198. The molecule has 2 N–H and O–H groups in total. The highest BCUT2D eigenvalue weighted by Crippen LogP contribution is 2.25. The van der Waals surface area contributed by atoms with Gasteiger partial charge >= 0.3 is 0 Å². The van der Waals surface area contributed by atoms with E-state index in [0.717, 1.165) is 28.7 Å². The van der Waals surface area contributed by atoms with Crippen molar-refractivity contribution in [2.45, 2.75) is 32.5 Å². The summed E-state index contributed by atoms with van der Waals surface area (Å²) in [5, 5.41) is 14.9. The third kappa shape index (κ3) is 4.24. The first-order chi connectivity index (χ1) is 14.5. The number of amides is 1. The molecule has 0 radical (unpaired) electrons. The van der Waals surface area contributed by atoms with Crippen LogP contribution in [0.1, 0.15) is 29.3 Å². The Morgan fingerprint density at radius 2 is 2.13 bits per heavy atom. The topological polar surface area (TPSA) is 74.7 Å². The Morgan fingerprint density at radius 1 is 1.27 bits per heavy atom. The Bertz CT molecular complexity index is 1050. The fourth-order valence-corrected chi connectivity index (χ4v) is 3.88. The highest BCUT2D eigenvalue weighted by Gasteiger charge is 2.32. The Morgan fingerprint density at radius 3 is 2.93 bits per heavy atom. The molecule has 3 aromatic rings. The largest absolute Gasteiger partial charge is 0.488 e. The second kappa shape index (κ2) is 8.71. The minimum Gasteiger partial charge on any atom is -0.488 e. The van der Waals surface area contributed by atoms with Gasteiger partial charge in [-0.15, -0.1) is 0 Å². The molecular formula is C24H27N3O3. The number of nitrogens with zero attached hydrogens (tertiary/aromatic N) is 2. The number of carbonyl (C=O) groups excluding carboxylic acids is 1. The van der Waals surface area contributed by atoms with Crippen molar-refractivity contribution >= 4 is 22.5 Å². The number of aryl methyl sites for hydroxylation is 1. The highest BCUT2D eigenvalue weighted by molar-refractivity contribution is 6.00. The summed E-state index contributed by atoms with van der Waals surface area (Å²) in [6.45, 7) is 5.50. The van der Waals surface area contributed by atoms with Crippen LogP contribution in [-0.4, -0.2) is 52.7 Å². The zero-order valence-corrected chi connectivity index (χ0v) is 17.3. The Kier molecular flexibility index (Phi) is 5.86. The van der Waals surface area contributed by atoms with Gasteiger partial charge in [-0.2, -0.15) is 0 Å². The summed E-state index contributed by atoms with van der Waals surface area (Å²) in [6, 6.07) is 15.4. The number of piperidine rings is 1. The van der Waals surface area contributed by atoms with Crippen molar-refractivity contribution in [2.75, 3.05) is 25.0 Å². The number of ether oxygens (including phenoxy) is 1. The van der Waals surface area contributed by atoms with Gasteiger partial charge in [0.25, 0.3) is 5.91 Å². The van der Waals surface area contributed by atoms with Gasteiger partial charge in [-0.25, -0.2) is 0 Å². The number of rotatable bonds is 5. The number of benzene rings is 2. The summed E-state index contributed by atoms with van der Waals surface area (Å²) in [7, 11) is 0. The highest BCUT2D eigenvalue weighted by atomic mass is 16.5. The van der Waals surface area contributed by atoms with Crippen LogP contribution in [-0.2, 0) is 0 Å². The minimum atomic E-state index is -0.750. The van der Waals surface area contributed by atoms with E-state index in [4.69, 9.17) is 4.74 Å². The van der Waals surface area contributed by atoms with Crippen molar-refractivity contribution in [1.29, 1.82) is 0 Å². The molecule has 0 spiro atoms. The Balaban J connectivity index is 1.45. The average Bonchev–Trinajstić information content (AvgIpc) is 2.76. The minimum absolute atomic E-state index is 0.0658. The Labute approximate surface area is 176 Å². The maximum absolute atomic E-state index is 13.1. The summed E-state index contributed by atoms with van der Waals surface area (Å²) in [4.78, 5) is 19.2. The molecule has 0 saturated carbocycles. The van der Waals surface area contributed by atoms with Crippen molar-refractivity contribution in [2.24, 2.45) is 0 Å². The van der Waals surface area contributed by atoms with Crippen LogP contribution in [0.25, 0.3) is 10.9 Å². The lowest BCUT2D eigenvalue weighted by atomic mass is 10.0. The monoisotopic (exact) mass is 405 g/mol. The molecule has 1 aliphatic rings. The van der Waals surface area contributed by atoms with E-state index in [1.807, 2.05) is 62.4 Å². The SMILES string of the molecule is CCNc1ccc(C)cc1C(=O)N1CC[C@@H](Oc2ccc3ncccc3c2)[C@H](O)C1. The van der Waals surface area contributed by atoms with E-state index in [1.165, 1.54) is 0 Å². The van der Waals surface area contributed by atoms with Crippen molar-refractivity contribution in [3.8, 4) is 5.75 Å². The van der Waals surface area contributed by atoms with Gasteiger partial charge in [0.05, 0.1) is 17.6 Å². The molecule has 156 valence electrons. The molecule has 0 bridgehead atoms. The van der Waals surface area contributed by atoms with Gasteiger partial charge in [0.2, 0.25) is 0 Å². The molecule has 2 heterocycles. The van der Waals surface area contributed by atoms with Crippen LogP contribution in [0.2, 0.25) is 0 Å². The van der Waals surface area contributed by atoms with E-state index in [1.54, 1.807) is 11.1 Å². The van der Waals surface area contributed by atoms with Crippen molar-refractivity contribution in [3.63, 3.8) is 0 Å². The first-order valence-electron chi connectivity index (χ1n) is 10.4. The van der Waals surface area contributed by atoms with E-state index in [9.17, 15) is 9.90 Å². The maximum Gasteiger partial charge on any atom is 0.256 e. The summed E-state index contributed by atoms with van der Waals surface area (Å²) < 4.78 is 6.06. The third-order valence-electron chi connectivity index (χ3n) is 5.44. The predicted octanol–water partition coefficient (Wildman–Crippen LogP) is 3.63. The van der Waals surface area contributed by atoms with Crippen LogP contribution in [0.15, 0.2) is 54.7 Å². The fourth-order valence-electron chi connectivity index (χ4n) is 3.88. The lowest BCUT2D eigenvalue weighted by Crippen LogP contribution is -2.51. The number of β-amino-alcohol motifs (C(OH)–C–C–N with tert-alkyl or cyclic N) is 1. The van der Waals surface area contributed by atoms with Gasteiger partial charge in [-0.1, -0.05) is 17.7 Å². The number of likely N-dealkylation sites (tertiary alicyclic amines) is 1. The van der Waals surface area contributed by atoms with E-state index >= 15 is 0 Å². The zero-order valence-electron chi connectivity index (χ0n) is 17.3. The number of pyridine rings is 1. The number of hydrogen-bond acceptors (Lipinski definition) is 5. The molecule has 2 aromatic carbocycles. The smallest absolute Gasteiger partial charge is 0.256 e. The average molecular weight is 405 g/mol. The maximum atomic E-state index is 13.1. The molecule has 1 aliphatic heterocycles. The van der Waals surface area contributed by atoms with Crippen LogP contribution in [0.5, 0.6) is 5.75 Å². The van der Waals surface area contributed by atoms with Crippen LogP contribution in [0.4, 0.5) is 5.69 Å². The Hall–Kier alpha value is -3.12. The molecule has 30 heavy (non-hydrogen) atoms. The summed E-state index contributed by atoms with van der Waals surface area (Å²) >= 11 is 0. The second-order valence-corrected chi connectivity index (χ2v) is 7.70. The molecule has 0 unspecified atom stereocenters. The van der Waals surface area contributed by atoms with Crippen molar-refractivity contribution in [3.05, 3.63) is 65.9 Å². The molecule has 1 amide bonds. The van der Waals surface area contributed by atoms with Gasteiger partial charge in [-0.3, -0.25) is 9.78 Å². The number of carbonyl (C=O) groups is 1. The summed E-state index contributed by atoms with van der Waals surface area (Å²) in [5.41, 5.74) is 3.40. The van der Waals surface area contributed by atoms with E-state index in [2.05, 4.69) is 10.3 Å². The molecule has 0 aliphatic carbocycles. The molecule has 6 nitrogen and oxygen atoms in total. The van der Waals surface area contributed by atoms with E-state index in [0.29, 0.717) is 24.3 Å². The summed E-state index contributed by atoms with van der Waals surface area (Å²) in [6.07, 6.45) is 1.23. The zero-order chi connectivity index (χ0) is 21.1. The first kappa shape index (κ1) is 20.2. The van der Waals surface area contributed by atoms with Crippen LogP contribution in [0.3, 0.4) is 0 Å². The second-order valence-electron chi connectivity index (χ2n) is 7.70. The van der Waals surface area contributed by atoms with Gasteiger partial charge < -0.3 is 20.1 Å². The number of anilines is 1. The van der Waals surface area contributed by atoms with Crippen LogP contribution in [0, 0.1) is 6.92 Å². The standard InChI is InChI=1S/C24H27N3O3/c1-3-25-21-8-6-16(2)13-19(21)24(29)27-12-10-23(22(28)15-27)30-18-7-9-20-17(14-18)5-4-11-26-20/h4-9,11,13-14,22-23,25,28H,3,10,12,15H2,1-2H3/t22-,23-/m1/s1. The molecule has 1 aromatic heterocycles. The van der Waals surface area contributed by atoms with E-state index in [-0.39, 0.29) is 18.6 Å². The molecule has 6 heteroatoms. The number of fused-ring (bicyclic) bond motifs is 1. The summed E-state index contributed by atoms with van der Waals surface area (Å²) in [5.74, 6) is 0.636. The van der Waals surface area contributed by atoms with Gasteiger partial charge in [0.15, 0.2) is 0 Å². The molecular weight excluding hydrogens is 378 g/mol. The van der Waals surface area contributed by atoms with E-state index < -0.39 is 6.10 Å². The molecule has 4 rings (SSSR count). The van der Waals surface area contributed by atoms with Crippen molar-refractivity contribution in [1.82, 2.24) is 9.88 Å². The van der Waals surface area contributed by atoms with Crippen molar-refractivity contribution < 1.29 is 14.6 Å². The fraction of sp³-hybridized carbons (Fsp3) is 0.333. The van der Waals surface area contributed by atoms with Crippen LogP contribution < -0.4 is 10.1 Å². The quantitative estimate of drug-likeness (QED) is 0.678. The van der Waals surface area contributed by atoms with Crippen LogP contribution >= 0.6 is 0 Å². The normalized spacial score (nSPS) is 19.0. The van der Waals surface area contributed by atoms with Gasteiger partial charge in [0.1, 0.15) is 18.0 Å². The van der Waals surface area contributed by atoms with Gasteiger partial charge in [0, 0.05) is 36.8 Å². The van der Waals surface area contributed by atoms with Gasteiger partial charge in [-0.05, 0) is 50.2 Å². The third-order valence-corrected chi connectivity index (χ3v) is 5.44. The number of nitrogens with one attached hydrogen (secondary N) is 1. The molecule has 1 saturated heterocycles. The lowest BCUT2D eigenvalue weighted by Gasteiger charge is -2.36. The number of hydrogen-bond donors (Lipinski definition) is 2. The first-order valence-corrected chi connectivity index (χ1v) is 10.4. The number of aliphatic hydroxyl groups excluding tert-OH is 1.